The van der Waals surface area contributed by atoms with Crippen LogP contribution in [-0.2, 0) is 0 Å². The molecule has 0 bridgehead atoms. The van der Waals surface area contributed by atoms with Crippen LogP contribution < -0.4 is 5.32 Å². The molecule has 1 fully saturated rings. The summed E-state index contributed by atoms with van der Waals surface area (Å²) >= 11 is 0. The highest BCUT2D eigenvalue weighted by molar-refractivity contribution is 4.99. The molecule has 0 spiro atoms. The van der Waals surface area contributed by atoms with Gasteiger partial charge in [-0.2, -0.15) is 0 Å². The summed E-state index contributed by atoms with van der Waals surface area (Å²) < 4.78 is 0. The van der Waals surface area contributed by atoms with E-state index in [4.69, 9.17) is 6.42 Å². The molecule has 1 heterocycles. The lowest BCUT2D eigenvalue weighted by atomic mass is 10.1. The van der Waals surface area contributed by atoms with Gasteiger partial charge in [0, 0.05) is 6.54 Å². The Morgan fingerprint density at radius 3 is 3.08 bits per heavy atom. The molecule has 0 aromatic heterocycles. The fourth-order valence-corrected chi connectivity index (χ4v) is 1.78. The lowest BCUT2D eigenvalue weighted by Gasteiger charge is -2.19. The molecule has 0 radical (unpaired) electrons. The standard InChI is InChI=1S/C10H18N2/c1-4-9(2)12-6-5-10(8-12)7-11-3/h1,9-11H,5-8H2,2-3H3. The zero-order valence-corrected chi connectivity index (χ0v) is 8.01. The second-order valence-corrected chi connectivity index (χ2v) is 3.55. The van der Waals surface area contributed by atoms with E-state index >= 15 is 0 Å². The Bertz CT molecular complexity index is 171. The predicted molar refractivity (Wildman–Crippen MR) is 51.9 cm³/mol. The van der Waals surface area contributed by atoms with Crippen LogP contribution in [0, 0.1) is 18.3 Å². The Hall–Kier alpha value is -0.520. The molecule has 1 rings (SSSR count). The first-order valence-electron chi connectivity index (χ1n) is 4.62. The van der Waals surface area contributed by atoms with Crippen LogP contribution in [0.3, 0.4) is 0 Å². The minimum absolute atomic E-state index is 0.312. The number of hydrogen-bond donors (Lipinski definition) is 1. The van der Waals surface area contributed by atoms with E-state index in [1.165, 1.54) is 6.42 Å². The normalized spacial score (nSPS) is 26.9. The molecule has 0 saturated carbocycles. The molecule has 1 N–H and O–H groups in total. The molecule has 0 amide bonds. The fraction of sp³-hybridized carbons (Fsp3) is 0.800. The van der Waals surface area contributed by atoms with Crippen LogP contribution in [0.5, 0.6) is 0 Å². The number of likely N-dealkylation sites (tertiary alicyclic amines) is 1. The first-order valence-corrected chi connectivity index (χ1v) is 4.62. The summed E-state index contributed by atoms with van der Waals surface area (Å²) in [5.41, 5.74) is 0. The predicted octanol–water partition coefficient (Wildman–Crippen LogP) is 0.549. The summed E-state index contributed by atoms with van der Waals surface area (Å²) in [5, 5.41) is 3.21. The Kier molecular flexibility index (Phi) is 3.58. The SMILES string of the molecule is C#CC(C)N1CCC(CNC)C1. The molecule has 2 atom stereocenters. The maximum absolute atomic E-state index is 5.36. The lowest BCUT2D eigenvalue weighted by Crippen LogP contribution is -2.31. The molecule has 0 aromatic rings. The molecule has 1 saturated heterocycles. The van der Waals surface area contributed by atoms with Gasteiger partial charge in [0.1, 0.15) is 0 Å². The van der Waals surface area contributed by atoms with E-state index in [9.17, 15) is 0 Å². The van der Waals surface area contributed by atoms with E-state index in [1.807, 2.05) is 7.05 Å². The summed E-state index contributed by atoms with van der Waals surface area (Å²) in [7, 11) is 2.01. The molecule has 2 unspecified atom stereocenters. The van der Waals surface area contributed by atoms with E-state index in [2.05, 4.69) is 23.1 Å². The second-order valence-electron chi connectivity index (χ2n) is 3.55. The van der Waals surface area contributed by atoms with E-state index < -0.39 is 0 Å². The summed E-state index contributed by atoms with van der Waals surface area (Å²) in [5.74, 6) is 3.57. The van der Waals surface area contributed by atoms with Crippen molar-refractivity contribution in [3.05, 3.63) is 0 Å². The third kappa shape index (κ3) is 2.23. The van der Waals surface area contributed by atoms with E-state index in [0.29, 0.717) is 6.04 Å². The van der Waals surface area contributed by atoms with Gasteiger partial charge < -0.3 is 5.32 Å². The van der Waals surface area contributed by atoms with Gasteiger partial charge in [0.15, 0.2) is 0 Å². The maximum Gasteiger partial charge on any atom is 0.0683 e. The van der Waals surface area contributed by atoms with Gasteiger partial charge >= 0.3 is 0 Å². The van der Waals surface area contributed by atoms with Crippen molar-refractivity contribution < 1.29 is 0 Å². The first kappa shape index (κ1) is 9.57. The Morgan fingerprint density at radius 2 is 2.50 bits per heavy atom. The molecular weight excluding hydrogens is 148 g/mol. The van der Waals surface area contributed by atoms with Gasteiger partial charge in [0.05, 0.1) is 6.04 Å². The smallest absolute Gasteiger partial charge is 0.0683 e. The zero-order valence-electron chi connectivity index (χ0n) is 8.01. The van der Waals surface area contributed by atoms with E-state index in [1.54, 1.807) is 0 Å². The Balaban J connectivity index is 2.31. The molecule has 0 aliphatic carbocycles. The van der Waals surface area contributed by atoms with Gasteiger partial charge in [-0.25, -0.2) is 0 Å². The molecule has 1 aliphatic rings. The third-order valence-electron chi connectivity index (χ3n) is 2.60. The number of terminal acetylenes is 1. The topological polar surface area (TPSA) is 15.3 Å². The van der Waals surface area contributed by atoms with Gasteiger partial charge in [-0.05, 0) is 39.4 Å². The molecule has 2 heteroatoms. The van der Waals surface area contributed by atoms with E-state index in [0.717, 1.165) is 25.6 Å². The van der Waals surface area contributed by atoms with Crippen LogP contribution >= 0.6 is 0 Å². The maximum atomic E-state index is 5.36. The second kappa shape index (κ2) is 4.49. The van der Waals surface area contributed by atoms with Crippen molar-refractivity contribution in [3.8, 4) is 12.3 Å². The summed E-state index contributed by atoms with van der Waals surface area (Å²) in [6.07, 6.45) is 6.65. The van der Waals surface area contributed by atoms with Crippen LogP contribution in [0.25, 0.3) is 0 Å². The summed E-state index contributed by atoms with van der Waals surface area (Å²) in [6, 6.07) is 0.312. The van der Waals surface area contributed by atoms with Crippen molar-refractivity contribution in [2.75, 3.05) is 26.7 Å². The fourth-order valence-electron chi connectivity index (χ4n) is 1.78. The van der Waals surface area contributed by atoms with Crippen LogP contribution in [0.2, 0.25) is 0 Å². The van der Waals surface area contributed by atoms with Crippen molar-refractivity contribution in [1.29, 1.82) is 0 Å². The van der Waals surface area contributed by atoms with Gasteiger partial charge in [0.2, 0.25) is 0 Å². The number of hydrogen-bond acceptors (Lipinski definition) is 2. The average molecular weight is 166 g/mol. The minimum Gasteiger partial charge on any atom is -0.319 e. The molecule has 0 aromatic carbocycles. The Morgan fingerprint density at radius 1 is 1.75 bits per heavy atom. The first-order chi connectivity index (χ1) is 5.77. The number of rotatable bonds is 3. The summed E-state index contributed by atoms with van der Waals surface area (Å²) in [6.45, 7) is 5.54. The van der Waals surface area contributed by atoms with Crippen molar-refractivity contribution in [3.63, 3.8) is 0 Å². The molecule has 12 heavy (non-hydrogen) atoms. The van der Waals surface area contributed by atoms with Gasteiger partial charge in [-0.1, -0.05) is 5.92 Å². The monoisotopic (exact) mass is 166 g/mol. The highest BCUT2D eigenvalue weighted by atomic mass is 15.2. The number of nitrogens with zero attached hydrogens (tertiary/aromatic N) is 1. The van der Waals surface area contributed by atoms with E-state index in [-0.39, 0.29) is 0 Å². The molecule has 2 nitrogen and oxygen atoms in total. The quantitative estimate of drug-likeness (QED) is 0.616. The van der Waals surface area contributed by atoms with Crippen LogP contribution in [0.4, 0.5) is 0 Å². The molecule has 68 valence electrons. The highest BCUT2D eigenvalue weighted by Crippen LogP contribution is 2.17. The zero-order chi connectivity index (χ0) is 8.97. The Labute approximate surface area is 75.3 Å². The van der Waals surface area contributed by atoms with Gasteiger partial charge in [-0.3, -0.25) is 4.90 Å². The van der Waals surface area contributed by atoms with Gasteiger partial charge in [0.25, 0.3) is 0 Å². The highest BCUT2D eigenvalue weighted by Gasteiger charge is 2.24. The van der Waals surface area contributed by atoms with Crippen molar-refractivity contribution in [2.45, 2.75) is 19.4 Å². The minimum atomic E-state index is 0.312. The lowest BCUT2D eigenvalue weighted by molar-refractivity contribution is 0.294. The molecule has 1 aliphatic heterocycles. The van der Waals surface area contributed by atoms with Crippen LogP contribution in [-0.4, -0.2) is 37.6 Å². The van der Waals surface area contributed by atoms with Crippen LogP contribution in [0.15, 0.2) is 0 Å². The largest absolute Gasteiger partial charge is 0.319 e. The van der Waals surface area contributed by atoms with Crippen molar-refractivity contribution in [1.82, 2.24) is 10.2 Å². The average Bonchev–Trinajstić information content (AvgIpc) is 2.52. The number of nitrogens with one attached hydrogen (secondary N) is 1. The molecular formula is C10H18N2. The summed E-state index contributed by atoms with van der Waals surface area (Å²) in [4.78, 5) is 2.38. The van der Waals surface area contributed by atoms with Crippen molar-refractivity contribution in [2.24, 2.45) is 5.92 Å². The third-order valence-corrected chi connectivity index (χ3v) is 2.60. The van der Waals surface area contributed by atoms with Crippen LogP contribution in [0.1, 0.15) is 13.3 Å². The van der Waals surface area contributed by atoms with Gasteiger partial charge in [-0.15, -0.1) is 6.42 Å². The van der Waals surface area contributed by atoms with Crippen molar-refractivity contribution >= 4 is 0 Å².